The molecule has 1 aromatic carbocycles. The Balaban J connectivity index is 2.00. The molecular formula is C18H22BNO9. The van der Waals surface area contributed by atoms with Gasteiger partial charge in [0.1, 0.15) is 17.1 Å². The van der Waals surface area contributed by atoms with Crippen LogP contribution in [-0.2, 0) is 30.2 Å². The van der Waals surface area contributed by atoms with E-state index in [1.54, 1.807) is 19.1 Å². The van der Waals surface area contributed by atoms with Crippen molar-refractivity contribution < 1.29 is 43.1 Å². The molecule has 11 heteroatoms. The number of ether oxygens (including phenoxy) is 3. The highest BCUT2D eigenvalue weighted by atomic mass is 16.8. The van der Waals surface area contributed by atoms with Crippen LogP contribution in [0.5, 0.6) is 5.75 Å². The van der Waals surface area contributed by atoms with Gasteiger partial charge in [-0.2, -0.15) is 0 Å². The van der Waals surface area contributed by atoms with Gasteiger partial charge >= 0.3 is 19.2 Å². The summed E-state index contributed by atoms with van der Waals surface area (Å²) in [5.41, 5.74) is 0.614. The number of Topliss-reactive ketones (excluding diaryl/α,β-unsaturated/α-hetero) is 1. The van der Waals surface area contributed by atoms with Crippen LogP contribution in [-0.4, -0.2) is 55.3 Å². The van der Waals surface area contributed by atoms with Gasteiger partial charge < -0.3 is 34.0 Å². The van der Waals surface area contributed by atoms with E-state index >= 15 is 0 Å². The minimum absolute atomic E-state index is 0.0121. The van der Waals surface area contributed by atoms with Crippen molar-refractivity contribution in [3.8, 4) is 5.75 Å². The topological polar surface area (TPSA) is 137 Å². The van der Waals surface area contributed by atoms with Gasteiger partial charge in [0.05, 0.1) is 12.5 Å². The number of esters is 1. The SMILES string of the molecule is CCOC(=O)OCOC(=O)c1cccc2c1OB(O)[C@@H](NC(=O)CCC(C)=O)C2. The summed E-state index contributed by atoms with van der Waals surface area (Å²) in [4.78, 5) is 46.2. The molecule has 0 saturated carbocycles. The molecule has 0 unspecified atom stereocenters. The summed E-state index contributed by atoms with van der Waals surface area (Å²) in [5.74, 6) is -1.93. The lowest BCUT2D eigenvalue weighted by molar-refractivity contribution is -0.124. The van der Waals surface area contributed by atoms with Crippen molar-refractivity contribution >= 4 is 30.9 Å². The first-order valence-electron chi connectivity index (χ1n) is 9.03. The normalized spacial score (nSPS) is 14.9. The van der Waals surface area contributed by atoms with Gasteiger partial charge in [0.2, 0.25) is 12.7 Å². The Morgan fingerprint density at radius 3 is 2.66 bits per heavy atom. The molecule has 1 aromatic rings. The highest BCUT2D eigenvalue weighted by molar-refractivity contribution is 6.47. The van der Waals surface area contributed by atoms with Gasteiger partial charge in [0, 0.05) is 12.8 Å². The molecular weight excluding hydrogens is 385 g/mol. The Kier molecular flexibility index (Phi) is 8.02. The molecule has 0 aliphatic carbocycles. The number of fused-ring (bicyclic) bond motifs is 1. The average molecular weight is 407 g/mol. The van der Waals surface area contributed by atoms with Crippen LogP contribution in [0.25, 0.3) is 0 Å². The van der Waals surface area contributed by atoms with E-state index in [9.17, 15) is 24.2 Å². The van der Waals surface area contributed by atoms with Crippen molar-refractivity contribution in [2.45, 2.75) is 39.1 Å². The largest absolute Gasteiger partial charge is 0.547 e. The van der Waals surface area contributed by atoms with Gasteiger partial charge in [0.15, 0.2) is 0 Å². The first-order chi connectivity index (χ1) is 13.8. The van der Waals surface area contributed by atoms with Crippen LogP contribution in [0.2, 0.25) is 0 Å². The maximum atomic E-state index is 12.3. The maximum Gasteiger partial charge on any atom is 0.547 e. The zero-order chi connectivity index (χ0) is 21.4. The van der Waals surface area contributed by atoms with E-state index in [0.29, 0.717) is 5.56 Å². The maximum absolute atomic E-state index is 12.3. The second-order valence-electron chi connectivity index (χ2n) is 6.26. The van der Waals surface area contributed by atoms with Crippen LogP contribution in [0.1, 0.15) is 42.6 Å². The van der Waals surface area contributed by atoms with E-state index in [1.165, 1.54) is 13.0 Å². The molecule has 156 valence electrons. The van der Waals surface area contributed by atoms with E-state index in [0.717, 1.165) is 0 Å². The van der Waals surface area contributed by atoms with Gasteiger partial charge in [-0.25, -0.2) is 9.59 Å². The molecule has 0 saturated heterocycles. The number of nitrogens with one attached hydrogen (secondary N) is 1. The number of amides is 1. The summed E-state index contributed by atoms with van der Waals surface area (Å²) in [6, 6.07) is 4.71. The zero-order valence-corrected chi connectivity index (χ0v) is 16.1. The summed E-state index contributed by atoms with van der Waals surface area (Å²) in [6.07, 6.45) is -0.637. The van der Waals surface area contributed by atoms with Crippen LogP contribution < -0.4 is 9.97 Å². The molecule has 0 aromatic heterocycles. The lowest BCUT2D eigenvalue weighted by Gasteiger charge is -2.29. The van der Waals surface area contributed by atoms with E-state index in [4.69, 9.17) is 9.39 Å². The Morgan fingerprint density at radius 2 is 1.97 bits per heavy atom. The molecule has 29 heavy (non-hydrogen) atoms. The Morgan fingerprint density at radius 1 is 1.21 bits per heavy atom. The number of carbonyl (C=O) groups is 4. The molecule has 2 N–H and O–H groups in total. The molecule has 0 radical (unpaired) electrons. The van der Waals surface area contributed by atoms with Gasteiger partial charge in [-0.15, -0.1) is 0 Å². The van der Waals surface area contributed by atoms with E-state index in [-0.39, 0.29) is 48.9 Å². The molecule has 0 spiro atoms. The Bertz CT molecular complexity index is 783. The van der Waals surface area contributed by atoms with Gasteiger partial charge in [-0.1, -0.05) is 12.1 Å². The first kappa shape index (κ1) is 22.2. The minimum Gasteiger partial charge on any atom is -0.534 e. The van der Waals surface area contributed by atoms with Crippen molar-refractivity contribution in [2.24, 2.45) is 0 Å². The molecule has 10 nitrogen and oxygen atoms in total. The predicted octanol–water partition coefficient (Wildman–Crippen LogP) is 0.783. The molecule has 2 rings (SSSR count). The Hall–Kier alpha value is -3.08. The van der Waals surface area contributed by atoms with Gasteiger partial charge in [-0.05, 0) is 31.9 Å². The van der Waals surface area contributed by atoms with Crippen molar-refractivity contribution in [3.05, 3.63) is 29.3 Å². The molecule has 1 atom stereocenters. The lowest BCUT2D eigenvalue weighted by Crippen LogP contribution is -2.53. The second-order valence-corrected chi connectivity index (χ2v) is 6.26. The van der Waals surface area contributed by atoms with E-state index in [1.807, 2.05) is 0 Å². The van der Waals surface area contributed by atoms with Crippen LogP contribution in [0.15, 0.2) is 18.2 Å². The third-order valence-corrected chi connectivity index (χ3v) is 4.02. The summed E-state index contributed by atoms with van der Waals surface area (Å²) < 4.78 is 19.4. The number of hydrogen-bond acceptors (Lipinski definition) is 9. The monoisotopic (exact) mass is 407 g/mol. The molecule has 1 aliphatic heterocycles. The number of ketones is 1. The number of benzene rings is 1. The first-order valence-corrected chi connectivity index (χ1v) is 9.03. The smallest absolute Gasteiger partial charge is 0.534 e. The fourth-order valence-electron chi connectivity index (χ4n) is 2.65. The summed E-state index contributed by atoms with van der Waals surface area (Å²) in [7, 11) is -1.39. The van der Waals surface area contributed by atoms with Crippen LogP contribution in [0.4, 0.5) is 4.79 Å². The number of para-hydroxylation sites is 1. The molecule has 1 amide bonds. The summed E-state index contributed by atoms with van der Waals surface area (Å²) >= 11 is 0. The summed E-state index contributed by atoms with van der Waals surface area (Å²) in [5, 5.41) is 12.8. The molecule has 1 aliphatic rings. The standard InChI is InChI=1S/C18H22BNO9/c1-3-26-18(24)28-10-27-17(23)13-6-4-5-12-9-14(19(25)29-16(12)13)20-15(22)8-7-11(2)21/h4-6,14,25H,3,7-10H2,1-2H3,(H,20,22)/t14-/m0/s1. The number of carbonyl (C=O) groups excluding carboxylic acids is 4. The van der Waals surface area contributed by atoms with Crippen molar-refractivity contribution in [2.75, 3.05) is 13.4 Å². The fourth-order valence-corrected chi connectivity index (χ4v) is 2.65. The molecule has 0 fully saturated rings. The van der Waals surface area contributed by atoms with E-state index < -0.39 is 32.0 Å². The fraction of sp³-hybridized carbons (Fsp3) is 0.444. The predicted molar refractivity (Wildman–Crippen MR) is 99.0 cm³/mol. The van der Waals surface area contributed by atoms with Crippen LogP contribution >= 0.6 is 0 Å². The highest BCUT2D eigenvalue weighted by Gasteiger charge is 2.37. The third kappa shape index (κ3) is 6.49. The van der Waals surface area contributed by atoms with Gasteiger partial charge in [-0.3, -0.25) is 4.79 Å². The van der Waals surface area contributed by atoms with E-state index in [2.05, 4.69) is 14.8 Å². The zero-order valence-electron chi connectivity index (χ0n) is 16.1. The number of rotatable bonds is 8. The molecule has 0 bridgehead atoms. The molecule has 1 heterocycles. The lowest BCUT2D eigenvalue weighted by atomic mass is 9.72. The summed E-state index contributed by atoms with van der Waals surface area (Å²) in [6.45, 7) is 2.47. The third-order valence-electron chi connectivity index (χ3n) is 4.02. The van der Waals surface area contributed by atoms with Crippen molar-refractivity contribution in [1.82, 2.24) is 5.32 Å². The quantitative estimate of drug-likeness (QED) is 0.364. The highest BCUT2D eigenvalue weighted by Crippen LogP contribution is 2.30. The van der Waals surface area contributed by atoms with Crippen LogP contribution in [0.3, 0.4) is 0 Å². The van der Waals surface area contributed by atoms with Crippen molar-refractivity contribution in [3.63, 3.8) is 0 Å². The number of hydrogen-bond donors (Lipinski definition) is 2. The van der Waals surface area contributed by atoms with Crippen molar-refractivity contribution in [1.29, 1.82) is 0 Å². The average Bonchev–Trinajstić information content (AvgIpc) is 2.66. The second kappa shape index (κ2) is 10.5. The van der Waals surface area contributed by atoms with Crippen LogP contribution in [0, 0.1) is 0 Å². The Labute approximate surface area is 167 Å². The van der Waals surface area contributed by atoms with Gasteiger partial charge in [0.25, 0.3) is 0 Å². The minimum atomic E-state index is -1.39.